The van der Waals surface area contributed by atoms with Gasteiger partial charge in [-0.15, -0.1) is 0 Å². The van der Waals surface area contributed by atoms with E-state index in [9.17, 15) is 0 Å². The van der Waals surface area contributed by atoms with Crippen molar-refractivity contribution in [2.24, 2.45) is 0 Å². The molecule has 1 aliphatic heterocycles. The van der Waals surface area contributed by atoms with E-state index in [1.807, 2.05) is 0 Å². The highest BCUT2D eigenvalue weighted by molar-refractivity contribution is 5.14. The lowest BCUT2D eigenvalue weighted by atomic mass is 10.0. The highest BCUT2D eigenvalue weighted by atomic mass is 15.2. The van der Waals surface area contributed by atoms with Gasteiger partial charge in [0.2, 0.25) is 0 Å². The molecule has 1 N–H and O–H groups in total. The molecule has 0 aromatic heterocycles. The molecule has 0 saturated carbocycles. The molecule has 0 spiro atoms. The van der Waals surface area contributed by atoms with Gasteiger partial charge in [0.05, 0.1) is 0 Å². The zero-order valence-electron chi connectivity index (χ0n) is 11.0. The highest BCUT2D eigenvalue weighted by Crippen LogP contribution is 2.14. The first-order valence-electron chi connectivity index (χ1n) is 6.81. The van der Waals surface area contributed by atoms with Crippen LogP contribution in [-0.2, 0) is 6.54 Å². The topological polar surface area (TPSA) is 15.3 Å². The monoisotopic (exact) mass is 232 g/mol. The minimum atomic E-state index is 0.664. The Kier molecular flexibility index (Phi) is 4.57. The number of rotatable bonds is 6. The van der Waals surface area contributed by atoms with Gasteiger partial charge >= 0.3 is 0 Å². The Hall–Kier alpha value is -0.860. The van der Waals surface area contributed by atoms with Crippen LogP contribution in [0.1, 0.15) is 32.3 Å². The van der Waals surface area contributed by atoms with Crippen LogP contribution in [0.2, 0.25) is 0 Å². The second-order valence-corrected chi connectivity index (χ2v) is 5.11. The van der Waals surface area contributed by atoms with Crippen LogP contribution in [0.5, 0.6) is 0 Å². The average molecular weight is 232 g/mol. The molecule has 2 rings (SSSR count). The summed E-state index contributed by atoms with van der Waals surface area (Å²) >= 11 is 0. The molecule has 94 valence electrons. The summed E-state index contributed by atoms with van der Waals surface area (Å²) in [6, 6.07) is 12.2. The minimum Gasteiger partial charge on any atom is -0.313 e. The number of hydrogen-bond acceptors (Lipinski definition) is 2. The molecule has 2 heteroatoms. The SMILES string of the molecule is CCC(C)N(Cc1ccccc1)CC1CCN1. The summed E-state index contributed by atoms with van der Waals surface area (Å²) in [5.41, 5.74) is 1.42. The fraction of sp³-hybridized carbons (Fsp3) is 0.600. The van der Waals surface area contributed by atoms with Crippen molar-refractivity contribution in [2.45, 2.75) is 45.3 Å². The number of benzene rings is 1. The molecule has 2 atom stereocenters. The van der Waals surface area contributed by atoms with Crippen molar-refractivity contribution in [3.63, 3.8) is 0 Å². The van der Waals surface area contributed by atoms with Gasteiger partial charge in [0.25, 0.3) is 0 Å². The van der Waals surface area contributed by atoms with Gasteiger partial charge in [-0.2, -0.15) is 0 Å². The molecule has 1 saturated heterocycles. The second kappa shape index (κ2) is 6.18. The number of hydrogen-bond donors (Lipinski definition) is 1. The molecule has 2 unspecified atom stereocenters. The molecule has 1 aromatic carbocycles. The van der Waals surface area contributed by atoms with Gasteiger partial charge in [0.1, 0.15) is 0 Å². The van der Waals surface area contributed by atoms with Gasteiger partial charge in [0, 0.05) is 25.2 Å². The van der Waals surface area contributed by atoms with Crippen molar-refractivity contribution in [1.29, 1.82) is 0 Å². The van der Waals surface area contributed by atoms with Gasteiger partial charge in [-0.3, -0.25) is 4.90 Å². The van der Waals surface area contributed by atoms with Crippen LogP contribution in [0.15, 0.2) is 30.3 Å². The Morgan fingerprint density at radius 1 is 1.35 bits per heavy atom. The molecule has 17 heavy (non-hydrogen) atoms. The maximum absolute atomic E-state index is 3.50. The first-order valence-corrected chi connectivity index (χ1v) is 6.81. The quantitative estimate of drug-likeness (QED) is 0.811. The molecule has 1 aliphatic rings. The molecule has 1 heterocycles. The molecular weight excluding hydrogens is 208 g/mol. The van der Waals surface area contributed by atoms with Crippen LogP contribution in [0, 0.1) is 0 Å². The zero-order chi connectivity index (χ0) is 12.1. The van der Waals surface area contributed by atoms with Gasteiger partial charge in [0.15, 0.2) is 0 Å². The van der Waals surface area contributed by atoms with E-state index in [1.165, 1.54) is 31.5 Å². The molecule has 0 aliphatic carbocycles. The average Bonchev–Trinajstić information content (AvgIpc) is 2.32. The Morgan fingerprint density at radius 2 is 2.06 bits per heavy atom. The van der Waals surface area contributed by atoms with E-state index in [-0.39, 0.29) is 0 Å². The summed E-state index contributed by atoms with van der Waals surface area (Å²) in [5, 5.41) is 3.50. The summed E-state index contributed by atoms with van der Waals surface area (Å²) in [6.45, 7) is 8.07. The predicted molar refractivity (Wildman–Crippen MR) is 73.0 cm³/mol. The Bertz CT molecular complexity index is 319. The number of nitrogens with one attached hydrogen (secondary N) is 1. The minimum absolute atomic E-state index is 0.664. The maximum Gasteiger partial charge on any atom is 0.0237 e. The summed E-state index contributed by atoms with van der Waals surface area (Å²) in [4.78, 5) is 2.60. The van der Waals surface area contributed by atoms with Gasteiger partial charge < -0.3 is 5.32 Å². The smallest absolute Gasteiger partial charge is 0.0237 e. The summed E-state index contributed by atoms with van der Waals surface area (Å²) in [6.07, 6.45) is 2.56. The van der Waals surface area contributed by atoms with E-state index in [2.05, 4.69) is 54.4 Å². The standard InChI is InChI=1S/C15H24N2/c1-3-13(2)17(12-15-9-10-16-15)11-14-7-5-4-6-8-14/h4-8,13,15-16H,3,9-12H2,1-2H3. The van der Waals surface area contributed by atoms with Crippen molar-refractivity contribution >= 4 is 0 Å². The highest BCUT2D eigenvalue weighted by Gasteiger charge is 2.22. The van der Waals surface area contributed by atoms with Crippen LogP contribution in [0.3, 0.4) is 0 Å². The van der Waals surface area contributed by atoms with Crippen LogP contribution in [0.25, 0.3) is 0 Å². The summed E-state index contributed by atoms with van der Waals surface area (Å²) in [7, 11) is 0. The maximum atomic E-state index is 3.50. The van der Waals surface area contributed by atoms with E-state index < -0.39 is 0 Å². The summed E-state index contributed by atoms with van der Waals surface area (Å²) in [5.74, 6) is 0. The fourth-order valence-electron chi connectivity index (χ4n) is 2.26. The Labute approximate surface area is 105 Å². The largest absolute Gasteiger partial charge is 0.313 e. The predicted octanol–water partition coefficient (Wildman–Crippen LogP) is 2.65. The van der Waals surface area contributed by atoms with Gasteiger partial charge in [-0.25, -0.2) is 0 Å². The third-order valence-corrected chi connectivity index (χ3v) is 3.82. The van der Waals surface area contributed by atoms with Gasteiger partial charge in [-0.1, -0.05) is 37.3 Å². The third kappa shape index (κ3) is 3.55. The van der Waals surface area contributed by atoms with Gasteiger partial charge in [-0.05, 0) is 31.9 Å². The van der Waals surface area contributed by atoms with Crippen LogP contribution in [-0.4, -0.2) is 30.1 Å². The lowest BCUT2D eigenvalue weighted by molar-refractivity contribution is 0.152. The van der Waals surface area contributed by atoms with E-state index in [1.54, 1.807) is 0 Å². The molecule has 2 nitrogen and oxygen atoms in total. The van der Waals surface area contributed by atoms with Crippen molar-refractivity contribution in [3.05, 3.63) is 35.9 Å². The lowest BCUT2D eigenvalue weighted by Crippen LogP contribution is -2.51. The van der Waals surface area contributed by atoms with Crippen molar-refractivity contribution < 1.29 is 0 Å². The first-order chi connectivity index (χ1) is 8.29. The zero-order valence-corrected chi connectivity index (χ0v) is 11.0. The van der Waals surface area contributed by atoms with Crippen LogP contribution < -0.4 is 5.32 Å². The molecule has 0 amide bonds. The third-order valence-electron chi connectivity index (χ3n) is 3.82. The fourth-order valence-corrected chi connectivity index (χ4v) is 2.26. The van der Waals surface area contributed by atoms with Crippen molar-refractivity contribution in [1.82, 2.24) is 10.2 Å². The first kappa shape index (κ1) is 12.6. The molecule has 1 fully saturated rings. The van der Waals surface area contributed by atoms with E-state index in [0.29, 0.717) is 12.1 Å². The molecular formula is C15H24N2. The Morgan fingerprint density at radius 3 is 2.59 bits per heavy atom. The number of nitrogens with zero attached hydrogens (tertiary/aromatic N) is 1. The molecule has 0 bridgehead atoms. The van der Waals surface area contributed by atoms with Crippen LogP contribution in [0.4, 0.5) is 0 Å². The normalized spacial score (nSPS) is 21.2. The van der Waals surface area contributed by atoms with E-state index in [4.69, 9.17) is 0 Å². The summed E-state index contributed by atoms with van der Waals surface area (Å²) < 4.78 is 0. The second-order valence-electron chi connectivity index (χ2n) is 5.11. The van der Waals surface area contributed by atoms with Crippen molar-refractivity contribution in [3.8, 4) is 0 Å². The van der Waals surface area contributed by atoms with E-state index in [0.717, 1.165) is 6.54 Å². The lowest BCUT2D eigenvalue weighted by Gasteiger charge is -2.36. The Balaban J connectivity index is 1.94. The van der Waals surface area contributed by atoms with Crippen molar-refractivity contribution in [2.75, 3.05) is 13.1 Å². The van der Waals surface area contributed by atoms with E-state index >= 15 is 0 Å². The molecule has 0 radical (unpaired) electrons. The molecule has 1 aromatic rings. The van der Waals surface area contributed by atoms with Crippen LogP contribution >= 0.6 is 0 Å².